The molecule has 1 saturated carbocycles. The van der Waals surface area contributed by atoms with Crippen molar-refractivity contribution in [2.24, 2.45) is 5.92 Å². The molecule has 2 aromatic rings. The molecule has 0 spiro atoms. The number of anilines is 1. The van der Waals surface area contributed by atoms with E-state index in [1.54, 1.807) is 12.3 Å². The van der Waals surface area contributed by atoms with Gasteiger partial charge in [0.1, 0.15) is 23.4 Å². The first-order valence-electron chi connectivity index (χ1n) is 11.7. The van der Waals surface area contributed by atoms with Crippen LogP contribution in [0.25, 0.3) is 0 Å². The van der Waals surface area contributed by atoms with Crippen molar-refractivity contribution < 1.29 is 27.8 Å². The molecular formula is C25H29F2N3O4. The molecule has 1 aromatic carbocycles. The molecule has 9 heteroatoms. The summed E-state index contributed by atoms with van der Waals surface area (Å²) in [5, 5.41) is 2.99. The summed E-state index contributed by atoms with van der Waals surface area (Å²) in [5.74, 6) is -1.41. The van der Waals surface area contributed by atoms with E-state index >= 15 is 0 Å². The first-order chi connectivity index (χ1) is 16.4. The minimum Gasteiger partial charge on any atom is -0.491 e. The molecule has 1 N–H and O–H groups in total. The number of benzene rings is 1. The van der Waals surface area contributed by atoms with E-state index < -0.39 is 11.8 Å². The van der Waals surface area contributed by atoms with Crippen LogP contribution in [0.3, 0.4) is 0 Å². The predicted molar refractivity (Wildman–Crippen MR) is 122 cm³/mol. The zero-order valence-electron chi connectivity index (χ0n) is 19.1. The molecule has 2 aliphatic heterocycles. The maximum Gasteiger partial charge on any atom is 0.255 e. The van der Waals surface area contributed by atoms with Crippen LogP contribution >= 0.6 is 0 Å². The molecule has 1 aromatic heterocycles. The monoisotopic (exact) mass is 473 g/mol. The Hall–Kier alpha value is -2.94. The number of carbonyl (C=O) groups is 1. The highest BCUT2D eigenvalue weighted by Crippen LogP contribution is 2.48. The first-order valence-corrected chi connectivity index (χ1v) is 11.7. The molecule has 34 heavy (non-hydrogen) atoms. The van der Waals surface area contributed by atoms with Gasteiger partial charge < -0.3 is 24.4 Å². The average Bonchev–Trinajstić information content (AvgIpc) is 3.18. The van der Waals surface area contributed by atoms with Crippen LogP contribution < -0.4 is 19.7 Å². The Balaban J connectivity index is 1.09. The second-order valence-corrected chi connectivity index (χ2v) is 9.33. The SMILES string of the molecule is CC(C(=O)NC1COC1)c1ccc(OC2CCN(c3ccc(OCC4CC4(F)F)cn3)C2)cc1. The van der Waals surface area contributed by atoms with Gasteiger partial charge in [0.05, 0.1) is 50.4 Å². The Kier molecular flexibility index (Phi) is 6.29. The van der Waals surface area contributed by atoms with Crippen LogP contribution in [-0.2, 0) is 9.53 Å². The number of nitrogens with one attached hydrogen (secondary N) is 1. The maximum absolute atomic E-state index is 13.0. The normalized spacial score (nSPS) is 24.3. The van der Waals surface area contributed by atoms with Crippen LogP contribution in [-0.4, -0.2) is 61.9 Å². The van der Waals surface area contributed by atoms with Gasteiger partial charge in [0, 0.05) is 19.4 Å². The number of hydrogen-bond donors (Lipinski definition) is 1. The summed E-state index contributed by atoms with van der Waals surface area (Å²) >= 11 is 0. The number of ether oxygens (including phenoxy) is 3. The molecule has 3 unspecified atom stereocenters. The van der Waals surface area contributed by atoms with E-state index in [9.17, 15) is 13.6 Å². The number of nitrogens with zero attached hydrogens (tertiary/aromatic N) is 2. The van der Waals surface area contributed by atoms with E-state index in [-0.39, 0.29) is 37.0 Å². The van der Waals surface area contributed by atoms with Gasteiger partial charge in [-0.2, -0.15) is 0 Å². The van der Waals surface area contributed by atoms with Crippen LogP contribution in [0.5, 0.6) is 11.5 Å². The average molecular weight is 474 g/mol. The Bertz CT molecular complexity index is 998. The van der Waals surface area contributed by atoms with E-state index in [1.807, 2.05) is 37.3 Å². The smallest absolute Gasteiger partial charge is 0.255 e. The van der Waals surface area contributed by atoms with Crippen molar-refractivity contribution in [2.45, 2.75) is 43.8 Å². The zero-order valence-corrected chi connectivity index (χ0v) is 19.1. The number of carbonyl (C=O) groups excluding carboxylic acids is 1. The fourth-order valence-corrected chi connectivity index (χ4v) is 4.15. The second-order valence-electron chi connectivity index (χ2n) is 9.33. The second kappa shape index (κ2) is 9.37. The van der Waals surface area contributed by atoms with Crippen LogP contribution in [0.2, 0.25) is 0 Å². The highest BCUT2D eigenvalue weighted by Gasteiger charge is 2.57. The Morgan fingerprint density at radius 1 is 1.24 bits per heavy atom. The fourth-order valence-electron chi connectivity index (χ4n) is 4.15. The lowest BCUT2D eigenvalue weighted by atomic mass is 9.99. The Morgan fingerprint density at radius 2 is 1.97 bits per heavy atom. The summed E-state index contributed by atoms with van der Waals surface area (Å²) in [6.07, 6.45) is 2.37. The van der Waals surface area contributed by atoms with E-state index in [2.05, 4.69) is 15.2 Å². The summed E-state index contributed by atoms with van der Waals surface area (Å²) in [6.45, 7) is 4.59. The third kappa shape index (κ3) is 5.24. The van der Waals surface area contributed by atoms with Crippen molar-refractivity contribution in [3.05, 3.63) is 48.2 Å². The predicted octanol–water partition coefficient (Wildman–Crippen LogP) is 3.39. The molecule has 3 heterocycles. The van der Waals surface area contributed by atoms with E-state index in [0.29, 0.717) is 25.5 Å². The highest BCUT2D eigenvalue weighted by molar-refractivity contribution is 5.83. The molecule has 3 fully saturated rings. The third-order valence-corrected chi connectivity index (χ3v) is 6.66. The lowest BCUT2D eigenvalue weighted by Crippen LogP contribution is -2.49. The summed E-state index contributed by atoms with van der Waals surface area (Å²) in [7, 11) is 0. The van der Waals surface area contributed by atoms with Gasteiger partial charge in [-0.05, 0) is 36.8 Å². The Labute approximate surface area is 197 Å². The highest BCUT2D eigenvalue weighted by atomic mass is 19.3. The molecule has 7 nitrogen and oxygen atoms in total. The van der Waals surface area contributed by atoms with Crippen molar-refractivity contribution in [2.75, 3.05) is 37.8 Å². The molecular weight excluding hydrogens is 444 g/mol. The minimum absolute atomic E-state index is 0.00259. The number of hydrogen-bond acceptors (Lipinski definition) is 6. The van der Waals surface area contributed by atoms with Crippen molar-refractivity contribution in [3.63, 3.8) is 0 Å². The summed E-state index contributed by atoms with van der Waals surface area (Å²) in [5.41, 5.74) is 0.940. The van der Waals surface area contributed by atoms with Crippen LogP contribution in [0, 0.1) is 5.92 Å². The number of pyridine rings is 1. The van der Waals surface area contributed by atoms with E-state index in [1.165, 1.54) is 0 Å². The number of aromatic nitrogens is 1. The molecule has 2 saturated heterocycles. The molecule has 1 aliphatic carbocycles. The summed E-state index contributed by atoms with van der Waals surface area (Å²) in [6, 6.07) is 11.4. The van der Waals surface area contributed by atoms with Crippen molar-refractivity contribution >= 4 is 11.7 Å². The van der Waals surface area contributed by atoms with Gasteiger partial charge in [0.25, 0.3) is 5.92 Å². The van der Waals surface area contributed by atoms with Gasteiger partial charge in [-0.25, -0.2) is 13.8 Å². The molecule has 3 atom stereocenters. The van der Waals surface area contributed by atoms with Gasteiger partial charge in [-0.1, -0.05) is 12.1 Å². The van der Waals surface area contributed by atoms with Gasteiger partial charge >= 0.3 is 0 Å². The van der Waals surface area contributed by atoms with Gasteiger partial charge in [0.15, 0.2) is 0 Å². The Morgan fingerprint density at radius 3 is 2.59 bits per heavy atom. The van der Waals surface area contributed by atoms with E-state index in [0.717, 1.165) is 30.1 Å². The number of amides is 1. The topological polar surface area (TPSA) is 72.9 Å². The van der Waals surface area contributed by atoms with Crippen molar-refractivity contribution in [1.29, 1.82) is 0 Å². The molecule has 5 rings (SSSR count). The molecule has 0 bridgehead atoms. The zero-order chi connectivity index (χ0) is 23.7. The van der Waals surface area contributed by atoms with Crippen LogP contribution in [0.4, 0.5) is 14.6 Å². The van der Waals surface area contributed by atoms with Crippen LogP contribution in [0.15, 0.2) is 42.6 Å². The summed E-state index contributed by atoms with van der Waals surface area (Å²) in [4.78, 5) is 18.9. The number of rotatable bonds is 9. The molecule has 0 radical (unpaired) electrons. The van der Waals surface area contributed by atoms with Gasteiger partial charge in [-0.3, -0.25) is 4.79 Å². The molecule has 1 amide bonds. The quantitative estimate of drug-likeness (QED) is 0.602. The lowest BCUT2D eigenvalue weighted by Gasteiger charge is -2.28. The fraction of sp³-hybridized carbons (Fsp3) is 0.520. The maximum atomic E-state index is 13.0. The first kappa shape index (κ1) is 22.8. The number of alkyl halides is 2. The van der Waals surface area contributed by atoms with Gasteiger partial charge in [0.2, 0.25) is 5.91 Å². The largest absolute Gasteiger partial charge is 0.491 e. The minimum atomic E-state index is -2.57. The van der Waals surface area contributed by atoms with Crippen molar-refractivity contribution in [1.82, 2.24) is 10.3 Å². The van der Waals surface area contributed by atoms with E-state index in [4.69, 9.17) is 14.2 Å². The molecule has 182 valence electrons. The number of halogens is 2. The third-order valence-electron chi connectivity index (χ3n) is 6.66. The van der Waals surface area contributed by atoms with Crippen molar-refractivity contribution in [3.8, 4) is 11.5 Å². The standard InChI is InChI=1S/C25H29F2N3O4/c1-16(24(31)29-19-14-32-15-19)17-2-4-20(5-3-17)34-22-8-9-30(12-22)23-7-6-21(11-28-23)33-13-18-10-25(18,26)27/h2-7,11,16,18-19,22H,8-10,12-15H2,1H3,(H,29,31). The van der Waals surface area contributed by atoms with Crippen LogP contribution in [0.1, 0.15) is 31.2 Å². The summed E-state index contributed by atoms with van der Waals surface area (Å²) < 4.78 is 42.6. The molecule has 3 aliphatic rings. The lowest BCUT2D eigenvalue weighted by molar-refractivity contribution is -0.126. The van der Waals surface area contributed by atoms with Gasteiger partial charge in [-0.15, -0.1) is 0 Å².